The van der Waals surface area contributed by atoms with E-state index < -0.39 is 12.7 Å². The van der Waals surface area contributed by atoms with E-state index in [1.54, 1.807) is 0 Å². The third kappa shape index (κ3) is 2.56. The third-order valence-electron chi connectivity index (χ3n) is 1.25. The molecule has 0 bridgehead atoms. The van der Waals surface area contributed by atoms with E-state index in [0.29, 0.717) is 12.0 Å². The van der Waals surface area contributed by atoms with Crippen LogP contribution in [-0.2, 0) is 13.0 Å². The Kier molecular flexibility index (Phi) is 2.40. The average molecular weight is 176 g/mol. The fourth-order valence-electron chi connectivity index (χ4n) is 0.729. The van der Waals surface area contributed by atoms with Gasteiger partial charge in [-0.15, -0.1) is 0 Å². The van der Waals surface area contributed by atoms with Gasteiger partial charge in [-0.25, -0.2) is 0 Å². The molecule has 0 saturated heterocycles. The van der Waals surface area contributed by atoms with Gasteiger partial charge in [0.05, 0.1) is 6.20 Å². The lowest BCUT2D eigenvalue weighted by atomic mass is 10.3. The molecule has 0 aliphatic rings. The number of aryl methyl sites for hydroxylation is 1. The summed E-state index contributed by atoms with van der Waals surface area (Å²) in [5.74, 6) is 0. The van der Waals surface area contributed by atoms with Crippen LogP contribution in [0.1, 0.15) is 12.5 Å². The SMILES string of the molecule is CCc1[c]nn(CC(F)(F)F)[c]1. The quantitative estimate of drug-likeness (QED) is 0.669. The summed E-state index contributed by atoms with van der Waals surface area (Å²) in [4.78, 5) is 0. The molecule has 1 heterocycles. The van der Waals surface area contributed by atoms with Gasteiger partial charge in [0, 0.05) is 5.56 Å². The second kappa shape index (κ2) is 3.16. The van der Waals surface area contributed by atoms with Crippen molar-refractivity contribution in [1.29, 1.82) is 0 Å². The topological polar surface area (TPSA) is 17.8 Å². The molecule has 2 nitrogen and oxygen atoms in total. The Balaban J connectivity index is 2.64. The van der Waals surface area contributed by atoms with Crippen LogP contribution in [0.5, 0.6) is 0 Å². The van der Waals surface area contributed by atoms with Crippen LogP contribution in [0.2, 0.25) is 0 Å². The van der Waals surface area contributed by atoms with E-state index in [1.165, 1.54) is 0 Å². The first-order valence-corrected chi connectivity index (χ1v) is 3.44. The summed E-state index contributed by atoms with van der Waals surface area (Å²) in [7, 11) is 0. The molecule has 12 heavy (non-hydrogen) atoms. The zero-order chi connectivity index (χ0) is 9.19. The molecule has 5 heteroatoms. The highest BCUT2D eigenvalue weighted by Crippen LogP contribution is 2.16. The summed E-state index contributed by atoms with van der Waals surface area (Å²) in [6, 6.07) is 0. The van der Waals surface area contributed by atoms with Crippen molar-refractivity contribution in [1.82, 2.24) is 9.78 Å². The Morgan fingerprint density at radius 1 is 1.50 bits per heavy atom. The lowest BCUT2D eigenvalue weighted by molar-refractivity contribution is -0.142. The molecule has 66 valence electrons. The molecule has 0 spiro atoms. The van der Waals surface area contributed by atoms with Crippen molar-refractivity contribution in [2.24, 2.45) is 0 Å². The van der Waals surface area contributed by atoms with Crippen molar-refractivity contribution in [2.75, 3.05) is 0 Å². The third-order valence-corrected chi connectivity index (χ3v) is 1.25. The maximum atomic E-state index is 11.8. The summed E-state index contributed by atoms with van der Waals surface area (Å²) in [6.45, 7) is 0.714. The van der Waals surface area contributed by atoms with E-state index in [1.807, 2.05) is 6.92 Å². The van der Waals surface area contributed by atoms with Gasteiger partial charge in [0.1, 0.15) is 12.7 Å². The van der Waals surface area contributed by atoms with Crippen LogP contribution >= 0.6 is 0 Å². The van der Waals surface area contributed by atoms with Gasteiger partial charge < -0.3 is 0 Å². The van der Waals surface area contributed by atoms with Crippen molar-refractivity contribution in [3.05, 3.63) is 18.0 Å². The molecule has 0 N–H and O–H groups in total. The van der Waals surface area contributed by atoms with E-state index >= 15 is 0 Å². The van der Waals surface area contributed by atoms with Crippen molar-refractivity contribution < 1.29 is 13.2 Å². The molecular weight excluding hydrogens is 169 g/mol. The number of rotatable bonds is 2. The fourth-order valence-corrected chi connectivity index (χ4v) is 0.729. The predicted molar refractivity (Wildman–Crippen MR) is 35.3 cm³/mol. The van der Waals surface area contributed by atoms with Crippen LogP contribution in [-0.4, -0.2) is 16.0 Å². The van der Waals surface area contributed by atoms with E-state index in [0.717, 1.165) is 4.68 Å². The molecule has 0 fully saturated rings. The average Bonchev–Trinajstić information content (AvgIpc) is 2.32. The van der Waals surface area contributed by atoms with E-state index in [-0.39, 0.29) is 0 Å². The highest BCUT2D eigenvalue weighted by molar-refractivity contribution is 4.99. The molecule has 1 aromatic heterocycles. The van der Waals surface area contributed by atoms with Crippen LogP contribution < -0.4 is 0 Å². The number of hydrogen-bond acceptors (Lipinski definition) is 1. The molecule has 0 aliphatic carbocycles. The molecule has 0 aromatic carbocycles. The van der Waals surface area contributed by atoms with Crippen LogP contribution in [0.15, 0.2) is 0 Å². The summed E-state index contributed by atoms with van der Waals surface area (Å²) in [5, 5.41) is 3.39. The maximum absolute atomic E-state index is 11.8. The monoisotopic (exact) mass is 176 g/mol. The van der Waals surface area contributed by atoms with E-state index in [9.17, 15) is 13.2 Å². The van der Waals surface area contributed by atoms with E-state index in [4.69, 9.17) is 0 Å². The molecule has 0 atom stereocenters. The molecule has 2 radical (unpaired) electrons. The van der Waals surface area contributed by atoms with Crippen molar-refractivity contribution >= 4 is 0 Å². The highest BCUT2D eigenvalue weighted by Gasteiger charge is 2.28. The van der Waals surface area contributed by atoms with Gasteiger partial charge in [-0.3, -0.25) is 4.68 Å². The first-order chi connectivity index (χ1) is 5.51. The Hall–Kier alpha value is -1.00. The second-order valence-corrected chi connectivity index (χ2v) is 2.33. The Morgan fingerprint density at radius 3 is 2.58 bits per heavy atom. The largest absolute Gasteiger partial charge is 0.408 e. The normalized spacial score (nSPS) is 12.0. The van der Waals surface area contributed by atoms with Gasteiger partial charge in [0.25, 0.3) is 0 Å². The number of nitrogens with zero attached hydrogens (tertiary/aromatic N) is 2. The van der Waals surface area contributed by atoms with Gasteiger partial charge in [0.15, 0.2) is 0 Å². The number of alkyl halides is 3. The Morgan fingerprint density at radius 2 is 2.17 bits per heavy atom. The van der Waals surface area contributed by atoms with Crippen molar-refractivity contribution in [3.8, 4) is 0 Å². The van der Waals surface area contributed by atoms with Crippen LogP contribution in [0.25, 0.3) is 0 Å². The minimum atomic E-state index is -4.23. The second-order valence-electron chi connectivity index (χ2n) is 2.33. The van der Waals surface area contributed by atoms with Gasteiger partial charge in [-0.1, -0.05) is 6.92 Å². The Bertz CT molecular complexity index is 251. The summed E-state index contributed by atoms with van der Waals surface area (Å²) in [5.41, 5.74) is 0.569. The molecule has 0 unspecified atom stereocenters. The van der Waals surface area contributed by atoms with Crippen molar-refractivity contribution in [3.63, 3.8) is 0 Å². The van der Waals surface area contributed by atoms with Gasteiger partial charge in [-0.2, -0.15) is 18.3 Å². The summed E-state index contributed by atoms with van der Waals surface area (Å²) < 4.78 is 36.0. The molecule has 1 aromatic rings. The highest BCUT2D eigenvalue weighted by atomic mass is 19.4. The van der Waals surface area contributed by atoms with Gasteiger partial charge >= 0.3 is 6.18 Å². The minimum absolute atomic E-state index is 0.569. The first kappa shape index (κ1) is 9.09. The number of aromatic nitrogens is 2. The zero-order valence-corrected chi connectivity index (χ0v) is 6.44. The Labute approximate surface area is 68.0 Å². The minimum Gasteiger partial charge on any atom is -0.253 e. The molecular formula is C7H7F3N2. The van der Waals surface area contributed by atoms with Crippen LogP contribution in [0.3, 0.4) is 0 Å². The fraction of sp³-hybridized carbons (Fsp3) is 0.571. The molecule has 0 saturated carbocycles. The zero-order valence-electron chi connectivity index (χ0n) is 6.44. The van der Waals surface area contributed by atoms with Crippen molar-refractivity contribution in [2.45, 2.75) is 26.1 Å². The van der Waals surface area contributed by atoms with E-state index in [2.05, 4.69) is 17.5 Å². The predicted octanol–water partition coefficient (Wildman–Crippen LogP) is 1.61. The lowest BCUT2D eigenvalue weighted by Gasteiger charge is -2.04. The smallest absolute Gasteiger partial charge is 0.253 e. The number of halogens is 3. The standard InChI is InChI=1S/C7H7F3N2/c1-2-6-3-11-12(4-6)5-7(8,9)10/h2,5H2,1H3. The number of hydrogen-bond donors (Lipinski definition) is 0. The lowest BCUT2D eigenvalue weighted by Crippen LogP contribution is -2.18. The molecule has 0 aliphatic heterocycles. The van der Waals surface area contributed by atoms with Gasteiger partial charge in [-0.05, 0) is 6.42 Å². The van der Waals surface area contributed by atoms with Gasteiger partial charge in [0.2, 0.25) is 0 Å². The summed E-state index contributed by atoms with van der Waals surface area (Å²) in [6.07, 6.45) is 1.25. The summed E-state index contributed by atoms with van der Waals surface area (Å²) >= 11 is 0. The first-order valence-electron chi connectivity index (χ1n) is 3.44. The maximum Gasteiger partial charge on any atom is 0.408 e. The molecule has 0 amide bonds. The van der Waals surface area contributed by atoms with Crippen LogP contribution in [0.4, 0.5) is 13.2 Å². The molecule has 1 rings (SSSR count). The van der Waals surface area contributed by atoms with Crippen LogP contribution in [0, 0.1) is 12.4 Å².